The van der Waals surface area contributed by atoms with Crippen LogP contribution in [0.3, 0.4) is 0 Å². The molecule has 0 spiro atoms. The van der Waals surface area contributed by atoms with Crippen molar-refractivity contribution in [3.8, 4) is 0 Å². The summed E-state index contributed by atoms with van der Waals surface area (Å²) in [5, 5.41) is 0. The standard InChI is InChI=1S/C70H120O6/c1-4-7-10-13-16-19-22-25-27-29-31-32-33-34-35-36-37-38-40-41-43-45-48-51-54-57-60-63-69(72)75-66-67(65-74-68(71)62-59-56-53-50-47-24-21-18-15-12-9-6-3)76-70(73)64-61-58-55-52-49-46-44-42-39-30-28-26-23-20-17-14-11-8-5-2/h8,11,17-18,20-22,25-26,28-29,31,39,42,46,49,67H,4-7,9-10,12-16,19,23-24,27,30,32-38,40-41,43-45,47-48,50-66H2,1-3H3/b11-8-,20-17-,21-18-,25-22-,28-26-,31-29-,42-39-,49-46-. The molecule has 0 aliphatic carbocycles. The molecule has 1 atom stereocenters. The molecule has 76 heavy (non-hydrogen) atoms. The fourth-order valence-electron chi connectivity index (χ4n) is 8.97. The highest BCUT2D eigenvalue weighted by Gasteiger charge is 2.19. The number of allylic oxidation sites excluding steroid dienone is 16. The Kier molecular flexibility index (Phi) is 60.8. The third kappa shape index (κ3) is 61.2. The molecule has 0 aliphatic rings. The first-order valence-electron chi connectivity index (χ1n) is 32.2. The normalized spacial score (nSPS) is 12.7. The second-order valence-corrected chi connectivity index (χ2v) is 21.3. The SMILES string of the molecule is CC/C=C\C/C=C\C/C=C\C/C=C\C/C=C\CCCCCC(=O)OC(COC(=O)CCCCCCC/C=C\CCCCC)COC(=O)CCCCCCCCCCCCCCCCC/C=C\C/C=C\CCCCCCC. The minimum Gasteiger partial charge on any atom is -0.462 e. The van der Waals surface area contributed by atoms with Crippen molar-refractivity contribution in [2.75, 3.05) is 13.2 Å². The van der Waals surface area contributed by atoms with Gasteiger partial charge in [0.05, 0.1) is 0 Å². The van der Waals surface area contributed by atoms with Gasteiger partial charge >= 0.3 is 17.9 Å². The summed E-state index contributed by atoms with van der Waals surface area (Å²) in [4.78, 5) is 38.3. The molecule has 0 bridgehead atoms. The lowest BCUT2D eigenvalue weighted by Crippen LogP contribution is -2.30. The van der Waals surface area contributed by atoms with Crippen LogP contribution in [-0.4, -0.2) is 37.2 Å². The lowest BCUT2D eigenvalue weighted by atomic mass is 10.0. The lowest BCUT2D eigenvalue weighted by Gasteiger charge is -2.18. The van der Waals surface area contributed by atoms with Crippen LogP contribution in [0.5, 0.6) is 0 Å². The van der Waals surface area contributed by atoms with E-state index in [-0.39, 0.29) is 37.5 Å². The maximum atomic E-state index is 12.9. The molecule has 1 unspecified atom stereocenters. The number of esters is 3. The number of hydrogen-bond acceptors (Lipinski definition) is 6. The van der Waals surface area contributed by atoms with Gasteiger partial charge in [-0.15, -0.1) is 0 Å². The van der Waals surface area contributed by atoms with Crippen molar-refractivity contribution in [3.05, 3.63) is 97.2 Å². The van der Waals surface area contributed by atoms with Gasteiger partial charge in [-0.2, -0.15) is 0 Å². The highest BCUT2D eigenvalue weighted by atomic mass is 16.6. The van der Waals surface area contributed by atoms with Gasteiger partial charge in [-0.3, -0.25) is 14.4 Å². The molecule has 0 heterocycles. The van der Waals surface area contributed by atoms with Gasteiger partial charge in [0.1, 0.15) is 13.2 Å². The van der Waals surface area contributed by atoms with E-state index in [9.17, 15) is 14.4 Å². The zero-order chi connectivity index (χ0) is 55.0. The molecule has 0 fully saturated rings. The van der Waals surface area contributed by atoms with Crippen LogP contribution in [-0.2, 0) is 28.6 Å². The zero-order valence-electron chi connectivity index (χ0n) is 50.0. The predicted molar refractivity (Wildman–Crippen MR) is 330 cm³/mol. The van der Waals surface area contributed by atoms with E-state index in [0.717, 1.165) is 109 Å². The molecule has 0 radical (unpaired) electrons. The molecule has 0 aromatic rings. The summed E-state index contributed by atoms with van der Waals surface area (Å²) in [5.41, 5.74) is 0. The fraction of sp³-hybridized carbons (Fsp3) is 0.729. The molecule has 0 N–H and O–H groups in total. The van der Waals surface area contributed by atoms with Crippen LogP contribution in [0.4, 0.5) is 0 Å². The zero-order valence-corrected chi connectivity index (χ0v) is 50.0. The van der Waals surface area contributed by atoms with Gasteiger partial charge in [0.15, 0.2) is 6.10 Å². The topological polar surface area (TPSA) is 78.9 Å². The Balaban J connectivity index is 4.30. The minimum absolute atomic E-state index is 0.0926. The summed E-state index contributed by atoms with van der Waals surface area (Å²) >= 11 is 0. The van der Waals surface area contributed by atoms with Crippen LogP contribution in [0.25, 0.3) is 0 Å². The van der Waals surface area contributed by atoms with E-state index in [0.29, 0.717) is 12.8 Å². The van der Waals surface area contributed by atoms with Crippen molar-refractivity contribution in [1.82, 2.24) is 0 Å². The first-order chi connectivity index (χ1) is 37.5. The molecule has 0 aliphatic heterocycles. The summed E-state index contributed by atoms with van der Waals surface area (Å²) in [6, 6.07) is 0. The Morgan fingerprint density at radius 1 is 0.276 bits per heavy atom. The summed E-state index contributed by atoms with van der Waals surface area (Å²) in [7, 11) is 0. The van der Waals surface area contributed by atoms with Gasteiger partial charge in [0, 0.05) is 19.3 Å². The molecule has 0 rings (SSSR count). The number of unbranched alkanes of at least 4 members (excludes halogenated alkanes) is 31. The van der Waals surface area contributed by atoms with E-state index in [4.69, 9.17) is 14.2 Å². The molecule has 0 saturated heterocycles. The summed E-state index contributed by atoms with van der Waals surface area (Å²) in [5.74, 6) is -0.927. The monoisotopic (exact) mass is 1060 g/mol. The third-order valence-electron chi connectivity index (χ3n) is 13.8. The van der Waals surface area contributed by atoms with Crippen molar-refractivity contribution in [2.45, 2.75) is 316 Å². The van der Waals surface area contributed by atoms with Crippen molar-refractivity contribution in [1.29, 1.82) is 0 Å². The van der Waals surface area contributed by atoms with Crippen LogP contribution in [0.2, 0.25) is 0 Å². The Hall–Kier alpha value is -3.67. The lowest BCUT2D eigenvalue weighted by molar-refractivity contribution is -0.167. The quantitative estimate of drug-likeness (QED) is 0.0261. The first kappa shape index (κ1) is 72.3. The van der Waals surface area contributed by atoms with Crippen molar-refractivity contribution >= 4 is 17.9 Å². The van der Waals surface area contributed by atoms with Crippen LogP contribution < -0.4 is 0 Å². The Labute approximate surface area is 470 Å². The largest absolute Gasteiger partial charge is 0.462 e. The summed E-state index contributed by atoms with van der Waals surface area (Å²) in [6.45, 7) is 6.48. The molecule has 436 valence electrons. The first-order valence-corrected chi connectivity index (χ1v) is 32.2. The van der Waals surface area contributed by atoms with Crippen molar-refractivity contribution in [2.24, 2.45) is 0 Å². The Morgan fingerprint density at radius 2 is 0.513 bits per heavy atom. The van der Waals surface area contributed by atoms with Gasteiger partial charge in [0.25, 0.3) is 0 Å². The number of ether oxygens (including phenoxy) is 3. The van der Waals surface area contributed by atoms with Crippen molar-refractivity contribution < 1.29 is 28.6 Å². The van der Waals surface area contributed by atoms with E-state index >= 15 is 0 Å². The third-order valence-corrected chi connectivity index (χ3v) is 13.8. The van der Waals surface area contributed by atoms with Gasteiger partial charge in [-0.25, -0.2) is 0 Å². The molecular weight excluding hydrogens is 937 g/mol. The van der Waals surface area contributed by atoms with E-state index < -0.39 is 6.10 Å². The number of hydrogen-bond donors (Lipinski definition) is 0. The highest BCUT2D eigenvalue weighted by Crippen LogP contribution is 2.16. The molecule has 6 nitrogen and oxygen atoms in total. The van der Waals surface area contributed by atoms with Crippen LogP contribution in [0.15, 0.2) is 97.2 Å². The Morgan fingerprint density at radius 3 is 0.855 bits per heavy atom. The van der Waals surface area contributed by atoms with Crippen LogP contribution in [0, 0.1) is 0 Å². The molecule has 6 heteroatoms. The number of rotatable bonds is 58. The molecule has 0 saturated carbocycles. The summed E-state index contributed by atoms with van der Waals surface area (Å²) < 4.78 is 16.9. The van der Waals surface area contributed by atoms with Gasteiger partial charge in [0.2, 0.25) is 0 Å². The predicted octanol–water partition coefficient (Wildman–Crippen LogP) is 22.0. The smallest absolute Gasteiger partial charge is 0.306 e. The van der Waals surface area contributed by atoms with Crippen LogP contribution >= 0.6 is 0 Å². The second-order valence-electron chi connectivity index (χ2n) is 21.3. The average molecular weight is 1060 g/mol. The van der Waals surface area contributed by atoms with E-state index in [2.05, 4.69) is 118 Å². The molecular formula is C70H120O6. The van der Waals surface area contributed by atoms with Gasteiger partial charge in [-0.05, 0) is 122 Å². The minimum atomic E-state index is -0.799. The molecule has 0 aromatic carbocycles. The number of carbonyl (C=O) groups excluding carboxylic acids is 3. The van der Waals surface area contributed by atoms with E-state index in [1.54, 1.807) is 0 Å². The van der Waals surface area contributed by atoms with Crippen LogP contribution in [0.1, 0.15) is 310 Å². The Bertz CT molecular complexity index is 1490. The summed E-state index contributed by atoms with van der Waals surface area (Å²) in [6.07, 6.45) is 85.6. The molecule has 0 aromatic heterocycles. The van der Waals surface area contributed by atoms with Crippen molar-refractivity contribution in [3.63, 3.8) is 0 Å². The fourth-order valence-corrected chi connectivity index (χ4v) is 8.97. The maximum Gasteiger partial charge on any atom is 0.306 e. The maximum absolute atomic E-state index is 12.9. The molecule has 0 amide bonds. The highest BCUT2D eigenvalue weighted by molar-refractivity contribution is 5.71. The second kappa shape index (κ2) is 63.9. The van der Waals surface area contributed by atoms with E-state index in [1.165, 1.54) is 161 Å². The van der Waals surface area contributed by atoms with Gasteiger partial charge in [-0.1, -0.05) is 266 Å². The number of carbonyl (C=O) groups is 3. The van der Waals surface area contributed by atoms with Gasteiger partial charge < -0.3 is 14.2 Å². The average Bonchev–Trinajstić information content (AvgIpc) is 3.42. The van der Waals surface area contributed by atoms with E-state index in [1.807, 2.05) is 0 Å².